The van der Waals surface area contributed by atoms with E-state index in [4.69, 9.17) is 4.74 Å². The molecule has 1 amide bonds. The van der Waals surface area contributed by atoms with Crippen LogP contribution in [0.4, 0.5) is 17.6 Å². The van der Waals surface area contributed by atoms with Gasteiger partial charge in [-0.3, -0.25) is 14.4 Å². The Morgan fingerprint density at radius 3 is 2.56 bits per heavy atom. The van der Waals surface area contributed by atoms with Crippen LogP contribution in [-0.2, 0) is 22.9 Å². The van der Waals surface area contributed by atoms with Crippen LogP contribution in [-0.4, -0.2) is 49.4 Å². The van der Waals surface area contributed by atoms with Crippen LogP contribution in [0.25, 0.3) is 5.69 Å². The molecule has 36 heavy (non-hydrogen) atoms. The minimum absolute atomic E-state index is 0.0475. The molecule has 2 aliphatic heterocycles. The first-order valence-electron chi connectivity index (χ1n) is 11.1. The van der Waals surface area contributed by atoms with Crippen LogP contribution < -0.4 is 10.3 Å². The number of rotatable bonds is 3. The Morgan fingerprint density at radius 1 is 1.14 bits per heavy atom. The number of Topliss-reactive ketones (excluding diaryl/α,β-unsaturated/α-hetero) is 1. The number of benzene rings is 1. The molecule has 3 aromatic rings. The number of nitrogens with zero attached hydrogens (tertiary/aromatic N) is 4. The van der Waals surface area contributed by atoms with E-state index in [1.54, 1.807) is 17.7 Å². The van der Waals surface area contributed by atoms with Gasteiger partial charge >= 0.3 is 6.18 Å². The van der Waals surface area contributed by atoms with E-state index in [9.17, 15) is 31.9 Å². The number of alkyl halides is 3. The maximum atomic E-state index is 14.1. The zero-order valence-corrected chi connectivity index (χ0v) is 19.0. The number of pyridine rings is 1. The highest BCUT2D eigenvalue weighted by atomic mass is 19.4. The monoisotopic (exact) mass is 502 g/mol. The maximum absolute atomic E-state index is 14.1. The fourth-order valence-electron chi connectivity index (χ4n) is 5.41. The summed E-state index contributed by atoms with van der Waals surface area (Å²) in [6.07, 6.45) is -1.80. The van der Waals surface area contributed by atoms with Crippen molar-refractivity contribution in [3.05, 3.63) is 75.5 Å². The molecule has 0 spiro atoms. The lowest BCUT2D eigenvalue weighted by molar-refractivity contribution is -0.140. The van der Waals surface area contributed by atoms with Crippen LogP contribution in [0.3, 0.4) is 0 Å². The van der Waals surface area contributed by atoms with Crippen molar-refractivity contribution >= 4 is 11.7 Å². The van der Waals surface area contributed by atoms with E-state index < -0.39 is 45.8 Å². The highest BCUT2D eigenvalue weighted by molar-refractivity contribution is 6.19. The summed E-state index contributed by atoms with van der Waals surface area (Å²) < 4.78 is 62.8. The summed E-state index contributed by atoms with van der Waals surface area (Å²) in [7, 11) is 0. The topological polar surface area (TPSA) is 86.4 Å². The van der Waals surface area contributed by atoms with Crippen LogP contribution in [0.15, 0.2) is 41.6 Å². The number of imidazole rings is 1. The standard InChI is InChI=1S/C24H18F4N4O4/c1-12-9-31(11-29-12)16-3-4-17-19(33)30(5-6-32(17)20(16)34)10-23-14-7-13(24(26,27)28)15(25)8-18(14)36-22(23,2)21(23)35/h3-4,7-9,11H,5-6,10H2,1-2H3/t22-,23+/m1/s1. The quantitative estimate of drug-likeness (QED) is 0.514. The number of aryl methyl sites for hydroxylation is 1. The molecule has 4 heterocycles. The van der Waals surface area contributed by atoms with Crippen molar-refractivity contribution < 1.29 is 31.9 Å². The minimum atomic E-state index is -4.97. The van der Waals surface area contributed by atoms with E-state index in [2.05, 4.69) is 4.98 Å². The Hall–Kier alpha value is -3.96. The molecule has 0 radical (unpaired) electrons. The van der Waals surface area contributed by atoms with E-state index in [0.717, 1.165) is 0 Å². The van der Waals surface area contributed by atoms with E-state index in [0.29, 0.717) is 23.5 Å². The summed E-state index contributed by atoms with van der Waals surface area (Å²) in [5.74, 6) is -2.68. The van der Waals surface area contributed by atoms with Gasteiger partial charge in [-0.1, -0.05) is 0 Å². The van der Waals surface area contributed by atoms with Crippen molar-refractivity contribution in [1.29, 1.82) is 0 Å². The molecule has 0 N–H and O–H groups in total. The van der Waals surface area contributed by atoms with Crippen molar-refractivity contribution in [1.82, 2.24) is 19.0 Å². The van der Waals surface area contributed by atoms with Gasteiger partial charge in [0.2, 0.25) is 0 Å². The van der Waals surface area contributed by atoms with E-state index in [-0.39, 0.29) is 36.6 Å². The average Bonchev–Trinajstić information content (AvgIpc) is 3.11. The molecule has 1 aliphatic carbocycles. The molecule has 186 valence electrons. The third-order valence-corrected chi connectivity index (χ3v) is 7.39. The second kappa shape index (κ2) is 6.83. The van der Waals surface area contributed by atoms with Crippen LogP contribution in [0.1, 0.15) is 34.2 Å². The summed E-state index contributed by atoms with van der Waals surface area (Å²) in [5, 5.41) is 0. The van der Waals surface area contributed by atoms with Crippen LogP contribution in [0, 0.1) is 12.7 Å². The first kappa shape index (κ1) is 22.5. The molecule has 1 fully saturated rings. The number of ketones is 1. The number of ether oxygens (including phenoxy) is 1. The molecule has 3 aliphatic rings. The van der Waals surface area contributed by atoms with Gasteiger partial charge in [0.05, 0.1) is 17.6 Å². The maximum Gasteiger partial charge on any atom is 0.419 e. The minimum Gasteiger partial charge on any atom is -0.478 e. The number of halogens is 4. The van der Waals surface area contributed by atoms with Gasteiger partial charge in [-0.25, -0.2) is 9.37 Å². The lowest BCUT2D eigenvalue weighted by atomic mass is 9.90. The summed E-state index contributed by atoms with van der Waals surface area (Å²) in [4.78, 5) is 44.7. The number of fused-ring (bicyclic) bond motifs is 4. The smallest absolute Gasteiger partial charge is 0.419 e. The summed E-state index contributed by atoms with van der Waals surface area (Å²) >= 11 is 0. The van der Waals surface area contributed by atoms with Crippen LogP contribution in [0.5, 0.6) is 5.75 Å². The zero-order chi connectivity index (χ0) is 25.8. The summed E-state index contributed by atoms with van der Waals surface area (Å²) in [6.45, 7) is 3.11. The lowest BCUT2D eigenvalue weighted by Gasteiger charge is -2.32. The number of carbonyl (C=O) groups excluding carboxylic acids is 2. The van der Waals surface area contributed by atoms with E-state index in [1.165, 1.54) is 34.9 Å². The third kappa shape index (κ3) is 2.75. The van der Waals surface area contributed by atoms with Gasteiger partial charge in [0.15, 0.2) is 11.4 Å². The highest BCUT2D eigenvalue weighted by Crippen LogP contribution is 2.64. The molecule has 2 atom stereocenters. The predicted molar refractivity (Wildman–Crippen MR) is 116 cm³/mol. The molecule has 8 nitrogen and oxygen atoms in total. The highest BCUT2D eigenvalue weighted by Gasteiger charge is 2.83. The predicted octanol–water partition coefficient (Wildman–Crippen LogP) is 2.63. The van der Waals surface area contributed by atoms with Crippen molar-refractivity contribution in [2.24, 2.45) is 0 Å². The number of hydrogen-bond donors (Lipinski definition) is 0. The molecule has 6 rings (SSSR count). The SMILES string of the molecule is Cc1cn(-c2ccc3n(c2=O)CCN(C[C@]24C(=O)[C@@]2(C)Oc2cc(F)c(C(F)(F)F)cc24)C3=O)cn1. The molecule has 1 saturated carbocycles. The molecule has 0 unspecified atom stereocenters. The largest absolute Gasteiger partial charge is 0.478 e. The van der Waals surface area contributed by atoms with Gasteiger partial charge in [-0.15, -0.1) is 0 Å². The molecule has 12 heteroatoms. The molecular weight excluding hydrogens is 484 g/mol. The third-order valence-electron chi connectivity index (χ3n) is 7.39. The number of amides is 1. The molecule has 0 saturated heterocycles. The fourth-order valence-corrected chi connectivity index (χ4v) is 5.41. The lowest BCUT2D eigenvalue weighted by Crippen LogP contribution is -2.48. The van der Waals surface area contributed by atoms with Crippen molar-refractivity contribution in [3.8, 4) is 11.4 Å². The first-order valence-corrected chi connectivity index (χ1v) is 11.1. The number of hydrogen-bond acceptors (Lipinski definition) is 5. The number of carbonyl (C=O) groups is 2. The molecule has 1 aromatic carbocycles. The van der Waals surface area contributed by atoms with Crippen molar-refractivity contribution in [2.75, 3.05) is 13.1 Å². The molecular formula is C24H18F4N4O4. The summed E-state index contributed by atoms with van der Waals surface area (Å²) in [5.41, 5.74) is -3.94. The second-order valence-electron chi connectivity index (χ2n) is 9.41. The van der Waals surface area contributed by atoms with E-state index >= 15 is 0 Å². The molecule has 2 aromatic heterocycles. The van der Waals surface area contributed by atoms with Gasteiger partial charge in [-0.05, 0) is 32.0 Å². The van der Waals surface area contributed by atoms with Gasteiger partial charge in [0.25, 0.3) is 11.5 Å². The fraction of sp³-hybridized carbons (Fsp3) is 0.333. The number of aromatic nitrogens is 3. The average molecular weight is 502 g/mol. The summed E-state index contributed by atoms with van der Waals surface area (Å²) in [6, 6.07) is 4.22. The van der Waals surface area contributed by atoms with Gasteiger partial charge < -0.3 is 18.8 Å². The Morgan fingerprint density at radius 2 is 1.89 bits per heavy atom. The van der Waals surface area contributed by atoms with Gasteiger partial charge in [-0.2, -0.15) is 13.2 Å². The van der Waals surface area contributed by atoms with Crippen molar-refractivity contribution in [2.45, 2.75) is 37.6 Å². The van der Waals surface area contributed by atoms with Crippen LogP contribution in [0.2, 0.25) is 0 Å². The Kier molecular flexibility index (Phi) is 4.27. The zero-order valence-electron chi connectivity index (χ0n) is 19.0. The Bertz CT molecular complexity index is 1560. The Labute approximate surface area is 200 Å². The Balaban J connectivity index is 1.36. The van der Waals surface area contributed by atoms with Crippen LogP contribution >= 0.6 is 0 Å². The normalized spacial score (nSPS) is 24.3. The second-order valence-corrected chi connectivity index (χ2v) is 9.41. The van der Waals surface area contributed by atoms with Gasteiger partial charge in [0.1, 0.15) is 28.4 Å². The van der Waals surface area contributed by atoms with E-state index in [1.807, 2.05) is 0 Å². The van der Waals surface area contributed by atoms with Gasteiger partial charge in [0, 0.05) is 37.5 Å². The first-order chi connectivity index (χ1) is 16.9. The van der Waals surface area contributed by atoms with Crippen molar-refractivity contribution in [3.63, 3.8) is 0 Å². The molecule has 0 bridgehead atoms.